The number of hydrogen-bond donors (Lipinski definition) is 1. The van der Waals surface area contributed by atoms with Crippen LogP contribution in [0.25, 0.3) is 0 Å². The Morgan fingerprint density at radius 1 is 1.00 bits per heavy atom. The Morgan fingerprint density at radius 3 is 2.46 bits per heavy atom. The number of aromatic nitrogens is 3. The van der Waals surface area contributed by atoms with Gasteiger partial charge in [0.1, 0.15) is 11.6 Å². The Morgan fingerprint density at radius 2 is 1.75 bits per heavy atom. The van der Waals surface area contributed by atoms with Gasteiger partial charge in [0.25, 0.3) is 0 Å². The van der Waals surface area contributed by atoms with E-state index in [0.29, 0.717) is 12.5 Å². The van der Waals surface area contributed by atoms with E-state index in [9.17, 15) is 4.39 Å². The molecule has 0 saturated carbocycles. The number of halogens is 1. The molecule has 0 aliphatic carbocycles. The van der Waals surface area contributed by atoms with Crippen molar-refractivity contribution in [1.29, 1.82) is 0 Å². The van der Waals surface area contributed by atoms with Crippen molar-refractivity contribution in [3.05, 3.63) is 71.9 Å². The molecule has 1 fully saturated rings. The highest BCUT2D eigenvalue weighted by atomic mass is 19.1. The van der Waals surface area contributed by atoms with Gasteiger partial charge in [-0.25, -0.2) is 9.37 Å². The van der Waals surface area contributed by atoms with Crippen LogP contribution in [-0.2, 0) is 6.54 Å². The molecule has 6 nitrogen and oxygen atoms in total. The molecule has 1 N–H and O–H groups in total. The Bertz CT molecular complexity index is 908. The Labute approximate surface area is 164 Å². The van der Waals surface area contributed by atoms with Crippen LogP contribution in [0.15, 0.2) is 54.9 Å². The molecule has 0 atom stereocenters. The largest absolute Gasteiger partial charge is 0.368 e. The SMILES string of the molecule is Cc1cc(N2CCN(c3ccc(F)cc3)CC2)nc(NCc2cccnc2)n1. The van der Waals surface area contributed by atoms with E-state index in [1.165, 1.54) is 12.1 Å². The van der Waals surface area contributed by atoms with Crippen molar-refractivity contribution in [1.82, 2.24) is 15.0 Å². The van der Waals surface area contributed by atoms with Gasteiger partial charge in [-0.2, -0.15) is 4.98 Å². The van der Waals surface area contributed by atoms with Crippen LogP contribution in [0.4, 0.5) is 21.8 Å². The summed E-state index contributed by atoms with van der Waals surface area (Å²) in [5, 5.41) is 3.29. The van der Waals surface area contributed by atoms with Gasteiger partial charge in [-0.15, -0.1) is 0 Å². The molecule has 28 heavy (non-hydrogen) atoms. The summed E-state index contributed by atoms with van der Waals surface area (Å²) >= 11 is 0. The Kier molecular flexibility index (Phi) is 5.32. The number of rotatable bonds is 5. The molecule has 0 bridgehead atoms. The van der Waals surface area contributed by atoms with Crippen LogP contribution in [0.2, 0.25) is 0 Å². The summed E-state index contributed by atoms with van der Waals surface area (Å²) in [5.74, 6) is 1.35. The van der Waals surface area contributed by atoms with Crippen molar-refractivity contribution in [2.45, 2.75) is 13.5 Å². The third-order valence-electron chi connectivity index (χ3n) is 4.81. The van der Waals surface area contributed by atoms with Crippen LogP contribution < -0.4 is 15.1 Å². The van der Waals surface area contributed by atoms with Crippen molar-refractivity contribution in [2.24, 2.45) is 0 Å². The third-order valence-corrected chi connectivity index (χ3v) is 4.81. The molecule has 7 heteroatoms. The van der Waals surface area contributed by atoms with Gasteiger partial charge in [-0.3, -0.25) is 4.98 Å². The summed E-state index contributed by atoms with van der Waals surface area (Å²) in [5.41, 5.74) is 3.07. The Hall–Kier alpha value is -3.22. The predicted octanol–water partition coefficient (Wildman–Crippen LogP) is 3.26. The summed E-state index contributed by atoms with van der Waals surface area (Å²) in [6.07, 6.45) is 3.59. The zero-order chi connectivity index (χ0) is 19.3. The zero-order valence-corrected chi connectivity index (χ0v) is 15.8. The van der Waals surface area contributed by atoms with Crippen molar-refractivity contribution < 1.29 is 4.39 Å². The second kappa shape index (κ2) is 8.21. The van der Waals surface area contributed by atoms with E-state index in [1.807, 2.05) is 43.5 Å². The lowest BCUT2D eigenvalue weighted by Crippen LogP contribution is -2.46. The van der Waals surface area contributed by atoms with E-state index in [1.54, 1.807) is 6.20 Å². The monoisotopic (exact) mass is 378 g/mol. The predicted molar refractivity (Wildman–Crippen MR) is 109 cm³/mol. The number of hydrogen-bond acceptors (Lipinski definition) is 6. The lowest BCUT2D eigenvalue weighted by Gasteiger charge is -2.36. The number of benzene rings is 1. The van der Waals surface area contributed by atoms with E-state index in [0.717, 1.165) is 48.9 Å². The summed E-state index contributed by atoms with van der Waals surface area (Å²) in [6, 6.07) is 12.6. The molecule has 3 heterocycles. The number of nitrogens with zero attached hydrogens (tertiary/aromatic N) is 5. The molecule has 0 radical (unpaired) electrons. The minimum absolute atomic E-state index is 0.204. The third kappa shape index (κ3) is 4.36. The maximum atomic E-state index is 13.1. The van der Waals surface area contributed by atoms with Crippen LogP contribution in [0.5, 0.6) is 0 Å². The lowest BCUT2D eigenvalue weighted by atomic mass is 10.2. The second-order valence-electron chi connectivity index (χ2n) is 6.86. The molecule has 1 aromatic carbocycles. The fraction of sp³-hybridized carbons (Fsp3) is 0.286. The Balaban J connectivity index is 1.40. The van der Waals surface area contributed by atoms with Crippen LogP contribution in [-0.4, -0.2) is 41.1 Å². The molecular formula is C21H23FN6. The molecule has 0 unspecified atom stereocenters. The number of nitrogens with one attached hydrogen (secondary N) is 1. The van der Waals surface area contributed by atoms with Gasteiger partial charge in [-0.1, -0.05) is 6.07 Å². The molecule has 1 aliphatic heterocycles. The first-order valence-electron chi connectivity index (χ1n) is 9.41. The van der Waals surface area contributed by atoms with Gasteiger partial charge in [0.05, 0.1) is 0 Å². The summed E-state index contributed by atoms with van der Waals surface area (Å²) in [6.45, 7) is 6.07. The van der Waals surface area contributed by atoms with E-state index in [2.05, 4.69) is 25.1 Å². The van der Waals surface area contributed by atoms with Crippen LogP contribution >= 0.6 is 0 Å². The van der Waals surface area contributed by atoms with Gasteiger partial charge < -0.3 is 15.1 Å². The summed E-state index contributed by atoms with van der Waals surface area (Å²) < 4.78 is 13.1. The topological polar surface area (TPSA) is 57.2 Å². The molecule has 2 aromatic heterocycles. The summed E-state index contributed by atoms with van der Waals surface area (Å²) in [4.78, 5) is 17.9. The molecule has 4 rings (SSSR count). The molecule has 1 aliphatic rings. The minimum atomic E-state index is -0.204. The lowest BCUT2D eigenvalue weighted by molar-refractivity contribution is 0.624. The highest BCUT2D eigenvalue weighted by Crippen LogP contribution is 2.21. The second-order valence-corrected chi connectivity index (χ2v) is 6.86. The van der Waals surface area contributed by atoms with Gasteiger partial charge in [0, 0.05) is 62.6 Å². The van der Waals surface area contributed by atoms with E-state index < -0.39 is 0 Å². The summed E-state index contributed by atoms with van der Waals surface area (Å²) in [7, 11) is 0. The minimum Gasteiger partial charge on any atom is -0.368 e. The number of pyridine rings is 1. The zero-order valence-electron chi connectivity index (χ0n) is 15.8. The molecule has 1 saturated heterocycles. The van der Waals surface area contributed by atoms with Gasteiger partial charge in [0.15, 0.2) is 0 Å². The van der Waals surface area contributed by atoms with Gasteiger partial charge in [0.2, 0.25) is 5.95 Å². The molecule has 144 valence electrons. The van der Waals surface area contributed by atoms with E-state index in [-0.39, 0.29) is 5.82 Å². The highest BCUT2D eigenvalue weighted by molar-refractivity contribution is 5.50. The van der Waals surface area contributed by atoms with E-state index in [4.69, 9.17) is 4.98 Å². The normalized spacial score (nSPS) is 14.2. The number of anilines is 3. The first-order chi connectivity index (χ1) is 13.7. The maximum absolute atomic E-state index is 13.1. The fourth-order valence-corrected chi connectivity index (χ4v) is 3.32. The standard InChI is InChI=1S/C21H23FN6/c1-16-13-20(26-21(25-16)24-15-17-3-2-8-23-14-17)28-11-9-27(10-12-28)19-6-4-18(22)5-7-19/h2-8,13-14H,9-12,15H2,1H3,(H,24,25,26). The molecular weight excluding hydrogens is 355 g/mol. The maximum Gasteiger partial charge on any atom is 0.225 e. The highest BCUT2D eigenvalue weighted by Gasteiger charge is 2.19. The van der Waals surface area contributed by atoms with Crippen LogP contribution in [0.3, 0.4) is 0 Å². The number of aryl methyl sites for hydroxylation is 1. The van der Waals surface area contributed by atoms with Crippen LogP contribution in [0, 0.1) is 12.7 Å². The number of piperazine rings is 1. The fourth-order valence-electron chi connectivity index (χ4n) is 3.32. The quantitative estimate of drug-likeness (QED) is 0.736. The van der Waals surface area contributed by atoms with Crippen molar-refractivity contribution in [3.63, 3.8) is 0 Å². The molecule has 3 aromatic rings. The average molecular weight is 378 g/mol. The molecule has 0 amide bonds. The average Bonchev–Trinajstić information content (AvgIpc) is 2.73. The van der Waals surface area contributed by atoms with Gasteiger partial charge in [-0.05, 0) is 42.8 Å². The van der Waals surface area contributed by atoms with Crippen molar-refractivity contribution in [3.8, 4) is 0 Å². The first-order valence-corrected chi connectivity index (χ1v) is 9.41. The van der Waals surface area contributed by atoms with Crippen molar-refractivity contribution >= 4 is 17.5 Å². The van der Waals surface area contributed by atoms with Gasteiger partial charge >= 0.3 is 0 Å². The molecule has 0 spiro atoms. The first kappa shape index (κ1) is 18.2. The smallest absolute Gasteiger partial charge is 0.225 e. The van der Waals surface area contributed by atoms with E-state index >= 15 is 0 Å². The van der Waals surface area contributed by atoms with Crippen LogP contribution in [0.1, 0.15) is 11.3 Å². The van der Waals surface area contributed by atoms with Crippen molar-refractivity contribution in [2.75, 3.05) is 41.3 Å².